The predicted octanol–water partition coefficient (Wildman–Crippen LogP) is -0.396. The van der Waals surface area contributed by atoms with E-state index in [1.807, 2.05) is 0 Å². The summed E-state index contributed by atoms with van der Waals surface area (Å²) in [5.74, 6) is -0.651. The number of carbonyl (C=O) groups excluding carboxylic acids is 1. The molecule has 1 rings (SSSR count). The number of nitrogens with zero attached hydrogens (tertiary/aromatic N) is 2. The summed E-state index contributed by atoms with van der Waals surface area (Å²) in [5.41, 5.74) is 4.76. The van der Waals surface area contributed by atoms with Gasteiger partial charge in [-0.1, -0.05) is 6.07 Å². The van der Waals surface area contributed by atoms with E-state index < -0.39 is 16.5 Å². The molecule has 0 aromatic heterocycles. The van der Waals surface area contributed by atoms with Gasteiger partial charge in [-0.05, 0) is 12.1 Å². The molecule has 19 heavy (non-hydrogen) atoms. The van der Waals surface area contributed by atoms with E-state index in [0.717, 1.165) is 4.90 Å². The number of para-hydroxylation sites is 1. The standard InChI is InChI=1S/C11H15N3O5/c12-9-3-1-2-8(10(9)14(18)19)11(17)13(4-6-15)5-7-16/h1-3,15-16H,4-7,12H2. The van der Waals surface area contributed by atoms with Crippen molar-refractivity contribution in [2.24, 2.45) is 0 Å². The Hall–Kier alpha value is -2.19. The summed E-state index contributed by atoms with van der Waals surface area (Å²) in [6, 6.07) is 4.06. The van der Waals surface area contributed by atoms with Crippen LogP contribution < -0.4 is 5.73 Å². The van der Waals surface area contributed by atoms with E-state index in [0.29, 0.717) is 0 Å². The number of nitro benzene ring substituents is 1. The molecular weight excluding hydrogens is 254 g/mol. The Morgan fingerprint density at radius 3 is 2.37 bits per heavy atom. The fourth-order valence-corrected chi connectivity index (χ4v) is 1.66. The van der Waals surface area contributed by atoms with E-state index in [-0.39, 0.29) is 37.6 Å². The van der Waals surface area contributed by atoms with Crippen molar-refractivity contribution in [1.82, 2.24) is 4.90 Å². The smallest absolute Gasteiger partial charge is 0.304 e. The Morgan fingerprint density at radius 2 is 1.89 bits per heavy atom. The lowest BCUT2D eigenvalue weighted by Gasteiger charge is -2.20. The largest absolute Gasteiger partial charge is 0.395 e. The molecule has 1 amide bonds. The van der Waals surface area contributed by atoms with Gasteiger partial charge in [-0.25, -0.2) is 0 Å². The van der Waals surface area contributed by atoms with Crippen molar-refractivity contribution in [3.05, 3.63) is 33.9 Å². The predicted molar refractivity (Wildman–Crippen MR) is 67.6 cm³/mol. The highest BCUT2D eigenvalue weighted by molar-refractivity contribution is 6.00. The Morgan fingerprint density at radius 1 is 1.32 bits per heavy atom. The molecule has 0 radical (unpaired) electrons. The van der Waals surface area contributed by atoms with Gasteiger partial charge in [-0.3, -0.25) is 14.9 Å². The van der Waals surface area contributed by atoms with Crippen LogP contribution in [0.25, 0.3) is 0 Å². The highest BCUT2D eigenvalue weighted by Crippen LogP contribution is 2.26. The number of nitro groups is 1. The highest BCUT2D eigenvalue weighted by atomic mass is 16.6. The van der Waals surface area contributed by atoms with Gasteiger partial charge < -0.3 is 20.8 Å². The lowest BCUT2D eigenvalue weighted by Crippen LogP contribution is -2.36. The number of hydrogen-bond acceptors (Lipinski definition) is 6. The van der Waals surface area contributed by atoms with E-state index in [9.17, 15) is 14.9 Å². The number of hydrogen-bond donors (Lipinski definition) is 3. The van der Waals surface area contributed by atoms with E-state index in [1.165, 1.54) is 18.2 Å². The Labute approximate surface area is 109 Å². The molecule has 0 heterocycles. The zero-order valence-corrected chi connectivity index (χ0v) is 10.2. The zero-order chi connectivity index (χ0) is 14.4. The minimum atomic E-state index is -0.724. The zero-order valence-electron chi connectivity index (χ0n) is 10.2. The fraction of sp³-hybridized carbons (Fsp3) is 0.364. The first-order valence-electron chi connectivity index (χ1n) is 5.56. The average molecular weight is 269 g/mol. The minimum absolute atomic E-state index is 0.0225. The lowest BCUT2D eigenvalue weighted by atomic mass is 10.1. The molecule has 104 valence electrons. The molecule has 8 heteroatoms. The van der Waals surface area contributed by atoms with Crippen LogP contribution in [0.3, 0.4) is 0 Å². The summed E-state index contributed by atoms with van der Waals surface area (Å²) in [6.45, 7) is -0.652. The first-order chi connectivity index (χ1) is 9.02. The summed E-state index contributed by atoms with van der Waals surface area (Å²) in [6.07, 6.45) is 0. The van der Waals surface area contributed by atoms with Crippen molar-refractivity contribution >= 4 is 17.3 Å². The number of nitrogen functional groups attached to an aromatic ring is 1. The average Bonchev–Trinajstić information content (AvgIpc) is 2.37. The molecule has 0 saturated carbocycles. The topological polar surface area (TPSA) is 130 Å². The van der Waals surface area contributed by atoms with Gasteiger partial charge in [0, 0.05) is 13.1 Å². The molecule has 8 nitrogen and oxygen atoms in total. The summed E-state index contributed by atoms with van der Waals surface area (Å²) in [4.78, 5) is 23.5. The molecule has 0 fully saturated rings. The van der Waals surface area contributed by atoms with E-state index in [4.69, 9.17) is 15.9 Å². The molecular formula is C11H15N3O5. The maximum absolute atomic E-state index is 12.1. The molecule has 4 N–H and O–H groups in total. The van der Waals surface area contributed by atoms with E-state index in [2.05, 4.69) is 0 Å². The maximum Gasteiger partial charge on any atom is 0.304 e. The van der Waals surface area contributed by atoms with Crippen molar-refractivity contribution in [1.29, 1.82) is 0 Å². The van der Waals surface area contributed by atoms with E-state index >= 15 is 0 Å². The number of nitrogens with two attached hydrogens (primary N) is 1. The van der Waals surface area contributed by atoms with E-state index in [1.54, 1.807) is 0 Å². The molecule has 0 aliphatic carbocycles. The normalized spacial score (nSPS) is 10.2. The molecule has 0 aliphatic rings. The van der Waals surface area contributed by atoms with Crippen LogP contribution in [0.1, 0.15) is 10.4 Å². The summed E-state index contributed by atoms with van der Waals surface area (Å²) in [7, 11) is 0. The first kappa shape index (κ1) is 14.9. The van der Waals surface area contributed by atoms with Crippen LogP contribution in [0.15, 0.2) is 18.2 Å². The minimum Gasteiger partial charge on any atom is -0.395 e. The third kappa shape index (κ3) is 3.39. The van der Waals surface area contributed by atoms with Gasteiger partial charge >= 0.3 is 5.69 Å². The van der Waals surface area contributed by atoms with Crippen molar-refractivity contribution in [3.63, 3.8) is 0 Å². The second-order valence-electron chi connectivity index (χ2n) is 3.74. The second-order valence-corrected chi connectivity index (χ2v) is 3.74. The van der Waals surface area contributed by atoms with Crippen LogP contribution in [0.2, 0.25) is 0 Å². The van der Waals surface area contributed by atoms with Gasteiger partial charge in [0.25, 0.3) is 5.91 Å². The number of carbonyl (C=O) groups is 1. The molecule has 1 aromatic carbocycles. The lowest BCUT2D eigenvalue weighted by molar-refractivity contribution is -0.384. The number of amides is 1. The number of anilines is 1. The number of aliphatic hydroxyl groups is 2. The van der Waals surface area contributed by atoms with Crippen LogP contribution in [0, 0.1) is 10.1 Å². The summed E-state index contributed by atoms with van der Waals surface area (Å²) in [5, 5.41) is 28.7. The monoisotopic (exact) mass is 269 g/mol. The number of rotatable bonds is 6. The van der Waals surface area contributed by atoms with Gasteiger partial charge in [-0.2, -0.15) is 0 Å². The maximum atomic E-state index is 12.1. The van der Waals surface area contributed by atoms with Gasteiger partial charge in [0.05, 0.1) is 18.1 Å². The number of aliphatic hydroxyl groups excluding tert-OH is 2. The quantitative estimate of drug-likeness (QED) is 0.366. The second kappa shape index (κ2) is 6.66. The van der Waals surface area contributed by atoms with Crippen LogP contribution in [-0.4, -0.2) is 52.2 Å². The molecule has 0 unspecified atom stereocenters. The van der Waals surface area contributed by atoms with Gasteiger partial charge in [0.2, 0.25) is 0 Å². The summed E-state index contributed by atoms with van der Waals surface area (Å²) >= 11 is 0. The Kier molecular flexibility index (Phi) is 5.22. The molecule has 0 spiro atoms. The van der Waals surface area contributed by atoms with Crippen LogP contribution in [0.5, 0.6) is 0 Å². The number of benzene rings is 1. The van der Waals surface area contributed by atoms with Crippen LogP contribution in [-0.2, 0) is 0 Å². The van der Waals surface area contributed by atoms with Crippen molar-refractivity contribution in [2.75, 3.05) is 32.0 Å². The fourth-order valence-electron chi connectivity index (χ4n) is 1.66. The van der Waals surface area contributed by atoms with Gasteiger partial charge in [0.1, 0.15) is 11.3 Å². The Bertz CT molecular complexity index is 471. The van der Waals surface area contributed by atoms with Crippen molar-refractivity contribution < 1.29 is 19.9 Å². The van der Waals surface area contributed by atoms with Crippen molar-refractivity contribution in [3.8, 4) is 0 Å². The van der Waals surface area contributed by atoms with Crippen LogP contribution in [0.4, 0.5) is 11.4 Å². The molecule has 0 aliphatic heterocycles. The molecule has 0 saturated heterocycles. The molecule has 1 aromatic rings. The molecule has 0 atom stereocenters. The van der Waals surface area contributed by atoms with Gasteiger partial charge in [-0.15, -0.1) is 0 Å². The van der Waals surface area contributed by atoms with Crippen LogP contribution >= 0.6 is 0 Å². The SMILES string of the molecule is Nc1cccc(C(=O)N(CCO)CCO)c1[N+](=O)[O-]. The third-order valence-electron chi connectivity index (χ3n) is 2.51. The van der Waals surface area contributed by atoms with Gasteiger partial charge in [0.15, 0.2) is 0 Å². The third-order valence-corrected chi connectivity index (χ3v) is 2.51. The first-order valence-corrected chi connectivity index (χ1v) is 5.56. The molecule has 0 bridgehead atoms. The Balaban J connectivity index is 3.17. The highest BCUT2D eigenvalue weighted by Gasteiger charge is 2.26. The summed E-state index contributed by atoms with van der Waals surface area (Å²) < 4.78 is 0. The van der Waals surface area contributed by atoms with Crippen molar-refractivity contribution in [2.45, 2.75) is 0 Å².